The Kier molecular flexibility index (Phi) is 3.96. The van der Waals surface area contributed by atoms with Crippen LogP contribution in [-0.2, 0) is 0 Å². The highest BCUT2D eigenvalue weighted by Gasteiger charge is 2.28. The number of nitriles is 1. The van der Waals surface area contributed by atoms with Crippen molar-refractivity contribution in [1.29, 1.82) is 5.26 Å². The van der Waals surface area contributed by atoms with Gasteiger partial charge in [0.25, 0.3) is 11.6 Å². The van der Waals surface area contributed by atoms with E-state index in [1.54, 1.807) is 6.92 Å². The quantitative estimate of drug-likeness (QED) is 0.636. The number of piperazine rings is 1. The van der Waals surface area contributed by atoms with Gasteiger partial charge in [0.15, 0.2) is 0 Å². The Morgan fingerprint density at radius 2 is 2.35 bits per heavy atom. The Bertz CT molecular complexity index is 594. The number of aryl methyl sites for hydroxylation is 1. The third-order valence-electron chi connectivity index (χ3n) is 3.30. The number of nitro groups is 1. The van der Waals surface area contributed by atoms with Crippen LogP contribution >= 0.6 is 0 Å². The molecule has 0 bridgehead atoms. The molecule has 0 radical (unpaired) electrons. The maximum atomic E-state index is 12.4. The third-order valence-corrected chi connectivity index (χ3v) is 3.30. The van der Waals surface area contributed by atoms with Gasteiger partial charge < -0.3 is 10.2 Å². The summed E-state index contributed by atoms with van der Waals surface area (Å²) in [5, 5.41) is 22.8. The number of hydrogen-bond donors (Lipinski definition) is 1. The second kappa shape index (κ2) is 5.67. The average Bonchev–Trinajstić information content (AvgIpc) is 2.46. The first-order valence-electron chi connectivity index (χ1n) is 6.21. The molecule has 0 saturated carbocycles. The van der Waals surface area contributed by atoms with Crippen molar-refractivity contribution in [2.24, 2.45) is 0 Å². The van der Waals surface area contributed by atoms with Crippen LogP contribution in [0.25, 0.3) is 0 Å². The van der Waals surface area contributed by atoms with E-state index >= 15 is 0 Å². The number of carbonyl (C=O) groups is 1. The molecule has 1 atom stereocenters. The standard InChI is InChI=1S/C13H14N4O3/c1-9-6-10(17(19)20)2-3-12(9)13(18)16-5-4-15-8-11(16)7-14/h2-3,6,11,15H,4-5,8H2,1H3. The lowest BCUT2D eigenvalue weighted by Gasteiger charge is -2.32. The second-order valence-corrected chi connectivity index (χ2v) is 4.60. The summed E-state index contributed by atoms with van der Waals surface area (Å²) in [6, 6.07) is 5.71. The molecule has 1 aliphatic heterocycles. The van der Waals surface area contributed by atoms with E-state index in [1.807, 2.05) is 0 Å². The van der Waals surface area contributed by atoms with Crippen LogP contribution in [0.3, 0.4) is 0 Å². The van der Waals surface area contributed by atoms with Crippen molar-refractivity contribution < 1.29 is 9.72 Å². The van der Waals surface area contributed by atoms with Crippen LogP contribution in [0.5, 0.6) is 0 Å². The van der Waals surface area contributed by atoms with Gasteiger partial charge in [-0.1, -0.05) is 0 Å². The lowest BCUT2D eigenvalue weighted by Crippen LogP contribution is -2.53. The molecule has 1 amide bonds. The van der Waals surface area contributed by atoms with Gasteiger partial charge in [-0.05, 0) is 18.6 Å². The molecule has 0 aromatic heterocycles. The number of nitrogens with zero attached hydrogens (tertiary/aromatic N) is 3. The highest BCUT2D eigenvalue weighted by Crippen LogP contribution is 2.19. The summed E-state index contributed by atoms with van der Waals surface area (Å²) in [7, 11) is 0. The summed E-state index contributed by atoms with van der Waals surface area (Å²) in [6.07, 6.45) is 0. The Morgan fingerprint density at radius 1 is 1.60 bits per heavy atom. The highest BCUT2D eigenvalue weighted by molar-refractivity contribution is 5.96. The first-order chi connectivity index (χ1) is 9.54. The summed E-state index contributed by atoms with van der Waals surface area (Å²) in [4.78, 5) is 24.2. The van der Waals surface area contributed by atoms with Crippen LogP contribution in [0.4, 0.5) is 5.69 Å². The number of non-ortho nitro benzene ring substituents is 1. The molecular weight excluding hydrogens is 260 g/mol. The zero-order valence-electron chi connectivity index (χ0n) is 11.0. The van der Waals surface area contributed by atoms with Gasteiger partial charge in [-0.3, -0.25) is 14.9 Å². The number of benzene rings is 1. The fourth-order valence-electron chi connectivity index (χ4n) is 2.22. The topological polar surface area (TPSA) is 99.3 Å². The maximum absolute atomic E-state index is 12.4. The van der Waals surface area contributed by atoms with E-state index in [-0.39, 0.29) is 11.6 Å². The molecule has 1 saturated heterocycles. The third kappa shape index (κ3) is 2.60. The van der Waals surface area contributed by atoms with Crippen LogP contribution in [0.1, 0.15) is 15.9 Å². The number of nitrogens with one attached hydrogen (secondary N) is 1. The lowest BCUT2D eigenvalue weighted by molar-refractivity contribution is -0.384. The highest BCUT2D eigenvalue weighted by atomic mass is 16.6. The monoisotopic (exact) mass is 274 g/mol. The van der Waals surface area contributed by atoms with Gasteiger partial charge in [-0.2, -0.15) is 5.26 Å². The van der Waals surface area contributed by atoms with Crippen LogP contribution in [0.2, 0.25) is 0 Å². The van der Waals surface area contributed by atoms with E-state index in [1.165, 1.54) is 23.1 Å². The fourth-order valence-corrected chi connectivity index (χ4v) is 2.22. The van der Waals surface area contributed by atoms with E-state index in [2.05, 4.69) is 11.4 Å². The predicted molar refractivity (Wildman–Crippen MR) is 71.1 cm³/mol. The molecular formula is C13H14N4O3. The molecule has 1 unspecified atom stereocenters. The zero-order chi connectivity index (χ0) is 14.7. The average molecular weight is 274 g/mol. The van der Waals surface area contributed by atoms with Gasteiger partial charge in [0.1, 0.15) is 6.04 Å². The van der Waals surface area contributed by atoms with Gasteiger partial charge in [-0.25, -0.2) is 0 Å². The summed E-state index contributed by atoms with van der Waals surface area (Å²) >= 11 is 0. The summed E-state index contributed by atoms with van der Waals surface area (Å²) in [6.45, 7) is 3.18. The Labute approximate surface area is 115 Å². The van der Waals surface area contributed by atoms with Crippen LogP contribution in [0, 0.1) is 28.4 Å². The minimum atomic E-state index is -0.508. The summed E-state index contributed by atoms with van der Waals surface area (Å²) < 4.78 is 0. The number of carbonyl (C=O) groups excluding carboxylic acids is 1. The van der Waals surface area contributed by atoms with Crippen molar-refractivity contribution in [1.82, 2.24) is 10.2 Å². The Morgan fingerprint density at radius 3 is 2.95 bits per heavy atom. The smallest absolute Gasteiger partial charge is 0.269 e. The molecule has 1 N–H and O–H groups in total. The van der Waals surface area contributed by atoms with Gasteiger partial charge in [0.2, 0.25) is 0 Å². The molecule has 20 heavy (non-hydrogen) atoms. The van der Waals surface area contributed by atoms with Crippen molar-refractivity contribution in [3.05, 3.63) is 39.4 Å². The normalized spacial score (nSPS) is 18.4. The van der Waals surface area contributed by atoms with Crippen molar-refractivity contribution in [2.45, 2.75) is 13.0 Å². The second-order valence-electron chi connectivity index (χ2n) is 4.60. The first kappa shape index (κ1) is 14.0. The molecule has 7 heteroatoms. The molecule has 1 aromatic carbocycles. The molecule has 2 rings (SSSR count). The zero-order valence-corrected chi connectivity index (χ0v) is 11.0. The number of hydrogen-bond acceptors (Lipinski definition) is 5. The molecule has 0 aliphatic carbocycles. The minimum Gasteiger partial charge on any atom is -0.320 e. The number of nitro benzene ring substituents is 1. The predicted octanol–water partition coefficient (Wildman–Crippen LogP) is 0.841. The van der Waals surface area contributed by atoms with E-state index < -0.39 is 11.0 Å². The number of amides is 1. The van der Waals surface area contributed by atoms with Crippen LogP contribution < -0.4 is 5.32 Å². The van der Waals surface area contributed by atoms with Gasteiger partial charge >= 0.3 is 0 Å². The Hall–Kier alpha value is -2.46. The molecule has 1 fully saturated rings. The summed E-state index contributed by atoms with van der Waals surface area (Å²) in [5.41, 5.74) is 0.897. The lowest BCUT2D eigenvalue weighted by atomic mass is 10.0. The summed E-state index contributed by atoms with van der Waals surface area (Å²) in [5.74, 6) is -0.259. The first-order valence-corrected chi connectivity index (χ1v) is 6.21. The molecule has 1 heterocycles. The van der Waals surface area contributed by atoms with Crippen molar-refractivity contribution in [2.75, 3.05) is 19.6 Å². The van der Waals surface area contributed by atoms with Crippen molar-refractivity contribution in [3.8, 4) is 6.07 Å². The van der Waals surface area contributed by atoms with E-state index in [4.69, 9.17) is 5.26 Å². The minimum absolute atomic E-state index is 0.0452. The van der Waals surface area contributed by atoms with E-state index in [9.17, 15) is 14.9 Å². The van der Waals surface area contributed by atoms with Crippen molar-refractivity contribution >= 4 is 11.6 Å². The molecule has 7 nitrogen and oxygen atoms in total. The SMILES string of the molecule is Cc1cc([N+](=O)[O-])ccc1C(=O)N1CCNCC1C#N. The van der Waals surface area contributed by atoms with Crippen LogP contribution in [0.15, 0.2) is 18.2 Å². The van der Waals surface area contributed by atoms with E-state index in [0.29, 0.717) is 30.8 Å². The number of rotatable bonds is 2. The fraction of sp³-hybridized carbons (Fsp3) is 0.385. The van der Waals surface area contributed by atoms with Gasteiger partial charge in [-0.15, -0.1) is 0 Å². The maximum Gasteiger partial charge on any atom is 0.269 e. The molecule has 0 spiro atoms. The van der Waals surface area contributed by atoms with E-state index in [0.717, 1.165) is 0 Å². The van der Waals surface area contributed by atoms with Gasteiger partial charge in [0.05, 0.1) is 11.0 Å². The molecule has 1 aromatic rings. The van der Waals surface area contributed by atoms with Gasteiger partial charge in [0, 0.05) is 37.3 Å². The molecule has 104 valence electrons. The van der Waals surface area contributed by atoms with Crippen LogP contribution in [-0.4, -0.2) is 41.4 Å². The van der Waals surface area contributed by atoms with Crippen molar-refractivity contribution in [3.63, 3.8) is 0 Å². The largest absolute Gasteiger partial charge is 0.320 e. The molecule has 1 aliphatic rings. The Balaban J connectivity index is 2.29.